The number of hydrogen-bond donors (Lipinski definition) is 1. The number of fused-ring (bicyclic) bond motifs is 4. The molecule has 0 radical (unpaired) electrons. The first kappa shape index (κ1) is 12.7. The van der Waals surface area contributed by atoms with Crippen LogP contribution in [0.3, 0.4) is 0 Å². The van der Waals surface area contributed by atoms with Gasteiger partial charge in [0.25, 0.3) is 0 Å². The average molecular weight is 298 g/mol. The molecule has 2 heteroatoms. The zero-order valence-electron chi connectivity index (χ0n) is 12.4. The van der Waals surface area contributed by atoms with Gasteiger partial charge in [-0.3, -0.25) is 4.79 Å². The van der Waals surface area contributed by atoms with Gasteiger partial charge in [0.2, 0.25) is 0 Å². The minimum Gasteiger partial charge on any atom is -0.481 e. The molecule has 1 unspecified atom stereocenters. The maximum atomic E-state index is 11.7. The summed E-state index contributed by atoms with van der Waals surface area (Å²) in [5.74, 6) is -1.22. The fourth-order valence-corrected chi connectivity index (χ4v) is 4.13. The molecule has 5 rings (SSSR count). The van der Waals surface area contributed by atoms with Gasteiger partial charge in [0.1, 0.15) is 5.92 Å². The van der Waals surface area contributed by atoms with Crippen LogP contribution in [-0.2, 0) is 4.79 Å². The highest BCUT2D eigenvalue weighted by atomic mass is 16.4. The molecule has 23 heavy (non-hydrogen) atoms. The van der Waals surface area contributed by atoms with Gasteiger partial charge in [-0.05, 0) is 50.6 Å². The molecule has 0 heterocycles. The van der Waals surface area contributed by atoms with E-state index in [0.29, 0.717) is 6.42 Å². The largest absolute Gasteiger partial charge is 0.481 e. The van der Waals surface area contributed by atoms with Crippen LogP contribution in [0.5, 0.6) is 0 Å². The van der Waals surface area contributed by atoms with Crippen molar-refractivity contribution in [2.24, 2.45) is 5.92 Å². The molecule has 0 saturated heterocycles. The molecule has 2 aromatic rings. The second-order valence-corrected chi connectivity index (χ2v) is 6.29. The van der Waals surface area contributed by atoms with Crippen molar-refractivity contribution in [2.45, 2.75) is 6.42 Å². The lowest BCUT2D eigenvalue weighted by Gasteiger charge is -2.26. The van der Waals surface area contributed by atoms with Gasteiger partial charge in [-0.15, -0.1) is 0 Å². The predicted octanol–water partition coefficient (Wildman–Crippen LogP) is 4.59. The fraction of sp³-hybridized carbons (Fsp3) is 0.0952. The van der Waals surface area contributed by atoms with Gasteiger partial charge in [-0.25, -0.2) is 0 Å². The second kappa shape index (κ2) is 4.32. The minimum absolute atomic E-state index is 0.473. The average Bonchev–Trinajstić information content (AvgIpc) is 2.79. The number of benzene rings is 2. The molecule has 110 valence electrons. The van der Waals surface area contributed by atoms with Crippen molar-refractivity contribution in [1.82, 2.24) is 0 Å². The molecule has 0 aliphatic heterocycles. The molecule has 1 N–H and O–H groups in total. The minimum atomic E-state index is -0.750. The van der Waals surface area contributed by atoms with E-state index >= 15 is 0 Å². The number of aliphatic carboxylic acids is 1. The van der Waals surface area contributed by atoms with E-state index in [9.17, 15) is 9.90 Å². The molecule has 3 aliphatic carbocycles. The van der Waals surface area contributed by atoms with Crippen LogP contribution in [0.2, 0.25) is 0 Å². The van der Waals surface area contributed by atoms with Crippen molar-refractivity contribution >= 4 is 28.4 Å². The molecule has 2 nitrogen and oxygen atoms in total. The molecular weight excluding hydrogens is 284 g/mol. The molecule has 0 aromatic heterocycles. The summed E-state index contributed by atoms with van der Waals surface area (Å²) in [6.07, 6.45) is 8.91. The summed E-state index contributed by atoms with van der Waals surface area (Å²) in [6, 6.07) is 12.7. The topological polar surface area (TPSA) is 37.3 Å². The van der Waals surface area contributed by atoms with E-state index in [1.165, 1.54) is 27.5 Å². The summed E-state index contributed by atoms with van der Waals surface area (Å²) in [4.78, 5) is 11.7. The van der Waals surface area contributed by atoms with Crippen LogP contribution in [-0.4, -0.2) is 11.1 Å². The van der Waals surface area contributed by atoms with Gasteiger partial charge in [-0.2, -0.15) is 0 Å². The number of carboxylic acid groups (broad SMARTS) is 1. The van der Waals surface area contributed by atoms with Crippen LogP contribution in [0, 0.1) is 5.92 Å². The number of allylic oxidation sites excluding steroid dienone is 5. The molecule has 2 aromatic carbocycles. The fourth-order valence-electron chi connectivity index (χ4n) is 4.13. The Hall–Kier alpha value is -2.87. The molecule has 0 amide bonds. The third-order valence-electron chi connectivity index (χ3n) is 5.11. The SMILES string of the molecule is O=C(O)C1C2=CC=C1C1=C(C2)c2cccc3cccc(c23)C=C1. The van der Waals surface area contributed by atoms with Gasteiger partial charge in [0, 0.05) is 0 Å². The summed E-state index contributed by atoms with van der Waals surface area (Å²) in [5, 5.41) is 12.1. The molecule has 1 atom stereocenters. The highest BCUT2D eigenvalue weighted by Gasteiger charge is 2.37. The van der Waals surface area contributed by atoms with Crippen LogP contribution in [0.1, 0.15) is 17.5 Å². The van der Waals surface area contributed by atoms with Crippen molar-refractivity contribution < 1.29 is 9.90 Å². The quantitative estimate of drug-likeness (QED) is 0.836. The van der Waals surface area contributed by atoms with Crippen molar-refractivity contribution in [3.8, 4) is 0 Å². The number of rotatable bonds is 1. The Morgan fingerprint density at radius 2 is 1.87 bits per heavy atom. The third kappa shape index (κ3) is 1.61. The molecule has 0 spiro atoms. The third-order valence-corrected chi connectivity index (χ3v) is 5.11. The Kier molecular flexibility index (Phi) is 2.38. The van der Waals surface area contributed by atoms with Gasteiger partial charge >= 0.3 is 5.97 Å². The molecule has 3 aliphatic rings. The summed E-state index contributed by atoms with van der Waals surface area (Å²) >= 11 is 0. The summed E-state index contributed by atoms with van der Waals surface area (Å²) in [5.41, 5.74) is 6.69. The molecule has 0 fully saturated rings. The maximum Gasteiger partial charge on any atom is 0.315 e. The van der Waals surface area contributed by atoms with E-state index in [4.69, 9.17) is 0 Å². The predicted molar refractivity (Wildman–Crippen MR) is 91.8 cm³/mol. The number of carboxylic acids is 1. The van der Waals surface area contributed by atoms with Gasteiger partial charge in [0.05, 0.1) is 0 Å². The van der Waals surface area contributed by atoms with Crippen LogP contribution >= 0.6 is 0 Å². The Bertz CT molecular complexity index is 1010. The van der Waals surface area contributed by atoms with E-state index in [-0.39, 0.29) is 0 Å². The van der Waals surface area contributed by atoms with E-state index < -0.39 is 11.9 Å². The lowest BCUT2D eigenvalue weighted by atomic mass is 9.77. The van der Waals surface area contributed by atoms with Crippen molar-refractivity contribution in [3.63, 3.8) is 0 Å². The second-order valence-electron chi connectivity index (χ2n) is 6.29. The van der Waals surface area contributed by atoms with E-state index in [1.807, 2.05) is 12.2 Å². The lowest BCUT2D eigenvalue weighted by molar-refractivity contribution is -0.139. The highest BCUT2D eigenvalue weighted by Crippen LogP contribution is 2.49. The van der Waals surface area contributed by atoms with Crippen LogP contribution in [0.25, 0.3) is 22.4 Å². The van der Waals surface area contributed by atoms with Gasteiger partial charge in [0.15, 0.2) is 0 Å². The summed E-state index contributed by atoms with van der Waals surface area (Å²) in [6.45, 7) is 0. The van der Waals surface area contributed by atoms with Crippen molar-refractivity contribution in [3.05, 3.63) is 82.5 Å². The number of carbonyl (C=O) groups is 1. The monoisotopic (exact) mass is 298 g/mol. The first-order valence-electron chi connectivity index (χ1n) is 7.81. The summed E-state index contributed by atoms with van der Waals surface area (Å²) in [7, 11) is 0. The number of hydrogen-bond acceptors (Lipinski definition) is 1. The zero-order chi connectivity index (χ0) is 15.6. The highest BCUT2D eigenvalue weighted by molar-refractivity contribution is 6.04. The first-order valence-corrected chi connectivity index (χ1v) is 7.81. The van der Waals surface area contributed by atoms with Crippen LogP contribution in [0.4, 0.5) is 0 Å². The Balaban J connectivity index is 1.83. The van der Waals surface area contributed by atoms with E-state index in [1.54, 1.807) is 0 Å². The molecular formula is C21H14O2. The van der Waals surface area contributed by atoms with Crippen LogP contribution in [0.15, 0.2) is 71.3 Å². The Morgan fingerprint density at radius 1 is 1.04 bits per heavy atom. The van der Waals surface area contributed by atoms with Crippen molar-refractivity contribution in [1.29, 1.82) is 0 Å². The smallest absolute Gasteiger partial charge is 0.315 e. The molecule has 0 saturated carbocycles. The standard InChI is InChI=1S/C21H14O2/c22-21(23)20-14-8-10-17(20)15-9-7-13-4-1-3-12-5-2-6-16(19(12)13)18(15)11-14/h1-10,20H,11H2,(H,22,23). The van der Waals surface area contributed by atoms with Gasteiger partial charge in [-0.1, -0.05) is 60.7 Å². The Morgan fingerprint density at radius 3 is 2.70 bits per heavy atom. The van der Waals surface area contributed by atoms with Crippen molar-refractivity contribution in [2.75, 3.05) is 0 Å². The molecule has 2 bridgehead atoms. The van der Waals surface area contributed by atoms with Gasteiger partial charge < -0.3 is 5.11 Å². The Labute approximate surface area is 133 Å². The summed E-state index contributed by atoms with van der Waals surface area (Å²) < 4.78 is 0. The lowest BCUT2D eigenvalue weighted by Crippen LogP contribution is -2.21. The zero-order valence-corrected chi connectivity index (χ0v) is 12.4. The maximum absolute atomic E-state index is 11.7. The normalized spacial score (nSPS) is 21.0. The van der Waals surface area contributed by atoms with E-state index in [2.05, 4.69) is 48.6 Å². The van der Waals surface area contributed by atoms with Crippen LogP contribution < -0.4 is 0 Å². The van der Waals surface area contributed by atoms with E-state index in [0.717, 1.165) is 16.7 Å². The first-order chi connectivity index (χ1) is 11.2.